The van der Waals surface area contributed by atoms with Crippen LogP contribution >= 0.6 is 0 Å². The Hall–Kier alpha value is -1.31. The molecule has 0 spiro atoms. The quantitative estimate of drug-likeness (QED) is 0.820. The fourth-order valence-corrected chi connectivity index (χ4v) is 2.20. The zero-order valence-corrected chi connectivity index (χ0v) is 11.2. The fraction of sp³-hybridized carbons (Fsp3) is 0.833. The summed E-state index contributed by atoms with van der Waals surface area (Å²) >= 11 is 0. The average molecular weight is 296 g/mol. The molecule has 0 aromatic heterocycles. The molecule has 5 nitrogen and oxygen atoms in total. The number of rotatable bonds is 4. The third kappa shape index (κ3) is 3.84. The molecule has 1 atom stereocenters. The summed E-state index contributed by atoms with van der Waals surface area (Å²) in [4.78, 5) is 23.4. The van der Waals surface area contributed by atoms with E-state index in [-0.39, 0.29) is 25.4 Å². The van der Waals surface area contributed by atoms with E-state index in [2.05, 4.69) is 0 Å². The second-order valence-electron chi connectivity index (χ2n) is 5.37. The maximum atomic E-state index is 12.7. The largest absolute Gasteiger partial charge is 0.481 e. The van der Waals surface area contributed by atoms with Gasteiger partial charge < -0.3 is 15.7 Å². The molecule has 1 amide bonds. The van der Waals surface area contributed by atoms with Crippen LogP contribution in [0, 0.1) is 5.92 Å². The molecule has 0 radical (unpaired) electrons. The highest BCUT2D eigenvalue weighted by Crippen LogP contribution is 2.31. The van der Waals surface area contributed by atoms with Crippen LogP contribution in [-0.2, 0) is 9.59 Å². The van der Waals surface area contributed by atoms with Crippen LogP contribution in [0.15, 0.2) is 0 Å². The Balaban J connectivity index is 2.53. The number of carboxylic acid groups (broad SMARTS) is 1. The van der Waals surface area contributed by atoms with E-state index in [1.807, 2.05) is 0 Å². The molecule has 1 heterocycles. The van der Waals surface area contributed by atoms with Gasteiger partial charge in [0.2, 0.25) is 0 Å². The number of carboxylic acids is 1. The zero-order chi connectivity index (χ0) is 15.6. The number of aliphatic carboxylic acids is 1. The van der Waals surface area contributed by atoms with Gasteiger partial charge in [-0.05, 0) is 32.1 Å². The molecule has 1 aliphatic rings. The Morgan fingerprint density at radius 1 is 1.30 bits per heavy atom. The number of hydrogen-bond acceptors (Lipinski definition) is 3. The van der Waals surface area contributed by atoms with Gasteiger partial charge in [-0.25, -0.2) is 0 Å². The first-order valence-corrected chi connectivity index (χ1v) is 6.42. The highest BCUT2D eigenvalue weighted by atomic mass is 19.4. The summed E-state index contributed by atoms with van der Waals surface area (Å²) in [6.45, 7) is 1.05. The van der Waals surface area contributed by atoms with E-state index in [4.69, 9.17) is 10.8 Å². The first-order valence-electron chi connectivity index (χ1n) is 6.42. The molecular formula is C12H19F3N2O3. The molecule has 8 heteroatoms. The standard InChI is InChI=1S/C12H19F3N2O3/c1-11(16,12(13,14)15)10(20)17-6-4-8(5-7-17)2-3-9(18)19/h8H,2-7,16H2,1H3,(H,18,19). The van der Waals surface area contributed by atoms with Crippen LogP contribution in [0.2, 0.25) is 0 Å². The highest BCUT2D eigenvalue weighted by molar-refractivity contribution is 5.86. The van der Waals surface area contributed by atoms with Gasteiger partial charge in [-0.3, -0.25) is 9.59 Å². The number of alkyl halides is 3. The summed E-state index contributed by atoms with van der Waals surface area (Å²) in [7, 11) is 0. The van der Waals surface area contributed by atoms with Crippen molar-refractivity contribution in [3.63, 3.8) is 0 Å². The van der Waals surface area contributed by atoms with E-state index < -0.39 is 23.6 Å². The van der Waals surface area contributed by atoms with Crippen LogP contribution in [0.4, 0.5) is 13.2 Å². The molecule has 20 heavy (non-hydrogen) atoms. The Kier molecular flexibility index (Phi) is 5.01. The second-order valence-corrected chi connectivity index (χ2v) is 5.37. The molecule has 0 aromatic carbocycles. The van der Waals surface area contributed by atoms with E-state index in [0.717, 1.165) is 4.90 Å². The maximum Gasteiger partial charge on any atom is 0.415 e. The van der Waals surface area contributed by atoms with Gasteiger partial charge in [0.1, 0.15) is 0 Å². The summed E-state index contributed by atoms with van der Waals surface area (Å²) in [5.74, 6) is -1.89. The summed E-state index contributed by atoms with van der Waals surface area (Å²) in [6, 6.07) is 0. The third-order valence-corrected chi connectivity index (χ3v) is 3.70. The molecular weight excluding hydrogens is 277 g/mol. The van der Waals surface area contributed by atoms with Gasteiger partial charge >= 0.3 is 12.1 Å². The van der Waals surface area contributed by atoms with Crippen LogP contribution < -0.4 is 5.73 Å². The smallest absolute Gasteiger partial charge is 0.415 e. The van der Waals surface area contributed by atoms with Crippen molar-refractivity contribution >= 4 is 11.9 Å². The van der Waals surface area contributed by atoms with E-state index in [1.165, 1.54) is 0 Å². The van der Waals surface area contributed by atoms with Gasteiger partial charge in [0.25, 0.3) is 5.91 Å². The summed E-state index contributed by atoms with van der Waals surface area (Å²) in [5, 5.41) is 8.57. The van der Waals surface area contributed by atoms with E-state index in [9.17, 15) is 22.8 Å². The van der Waals surface area contributed by atoms with Crippen molar-refractivity contribution in [1.29, 1.82) is 0 Å². The number of halogens is 3. The van der Waals surface area contributed by atoms with Gasteiger partial charge in [-0.2, -0.15) is 13.2 Å². The molecule has 1 aliphatic heterocycles. The Bertz CT molecular complexity index is 375. The number of nitrogens with zero attached hydrogens (tertiary/aromatic N) is 1. The lowest BCUT2D eigenvalue weighted by molar-refractivity contribution is -0.194. The molecule has 116 valence electrons. The molecule has 0 aromatic rings. The highest BCUT2D eigenvalue weighted by Gasteiger charge is 2.55. The minimum atomic E-state index is -4.79. The summed E-state index contributed by atoms with van der Waals surface area (Å²) < 4.78 is 38.1. The number of nitrogens with two attached hydrogens (primary N) is 1. The summed E-state index contributed by atoms with van der Waals surface area (Å²) in [6.07, 6.45) is -3.25. The molecule has 1 fully saturated rings. The van der Waals surface area contributed by atoms with Crippen molar-refractivity contribution in [2.45, 2.75) is 44.3 Å². The van der Waals surface area contributed by atoms with E-state index >= 15 is 0 Å². The van der Waals surface area contributed by atoms with Gasteiger partial charge in [-0.1, -0.05) is 0 Å². The fourth-order valence-electron chi connectivity index (χ4n) is 2.20. The molecule has 1 rings (SSSR count). The third-order valence-electron chi connectivity index (χ3n) is 3.70. The van der Waals surface area contributed by atoms with Crippen LogP contribution in [0.5, 0.6) is 0 Å². The van der Waals surface area contributed by atoms with Crippen molar-refractivity contribution in [2.75, 3.05) is 13.1 Å². The van der Waals surface area contributed by atoms with E-state index in [1.54, 1.807) is 0 Å². The predicted octanol–water partition coefficient (Wildman–Crippen LogP) is 1.37. The SMILES string of the molecule is CC(N)(C(=O)N1CCC(CCC(=O)O)CC1)C(F)(F)F. The Morgan fingerprint density at radius 3 is 2.20 bits per heavy atom. The number of piperidine rings is 1. The second kappa shape index (κ2) is 5.99. The lowest BCUT2D eigenvalue weighted by Gasteiger charge is -2.37. The van der Waals surface area contributed by atoms with Gasteiger partial charge in [0.05, 0.1) is 0 Å². The number of carbonyl (C=O) groups is 2. The van der Waals surface area contributed by atoms with Crippen molar-refractivity contribution in [2.24, 2.45) is 11.7 Å². The average Bonchev–Trinajstić information content (AvgIpc) is 2.34. The molecule has 1 saturated heterocycles. The maximum absolute atomic E-state index is 12.7. The topological polar surface area (TPSA) is 83.6 Å². The number of hydrogen-bond donors (Lipinski definition) is 2. The zero-order valence-electron chi connectivity index (χ0n) is 11.2. The normalized spacial score (nSPS) is 20.6. The van der Waals surface area contributed by atoms with Crippen LogP contribution in [0.25, 0.3) is 0 Å². The first kappa shape index (κ1) is 16.7. The number of likely N-dealkylation sites (tertiary alicyclic amines) is 1. The van der Waals surface area contributed by atoms with Gasteiger partial charge in [0.15, 0.2) is 5.54 Å². The predicted molar refractivity (Wildman–Crippen MR) is 64.8 cm³/mol. The lowest BCUT2D eigenvalue weighted by atomic mass is 9.90. The molecule has 3 N–H and O–H groups in total. The number of carbonyl (C=O) groups excluding carboxylic acids is 1. The minimum absolute atomic E-state index is 0.0375. The van der Waals surface area contributed by atoms with Crippen LogP contribution in [-0.4, -0.2) is 46.7 Å². The van der Waals surface area contributed by atoms with Crippen LogP contribution in [0.3, 0.4) is 0 Å². The van der Waals surface area contributed by atoms with Crippen molar-refractivity contribution < 1.29 is 27.9 Å². The monoisotopic (exact) mass is 296 g/mol. The van der Waals surface area contributed by atoms with Gasteiger partial charge in [0, 0.05) is 19.5 Å². The first-order chi connectivity index (χ1) is 9.05. The van der Waals surface area contributed by atoms with Crippen molar-refractivity contribution in [1.82, 2.24) is 4.90 Å². The minimum Gasteiger partial charge on any atom is -0.481 e. The van der Waals surface area contributed by atoms with E-state index in [0.29, 0.717) is 26.2 Å². The number of amides is 1. The van der Waals surface area contributed by atoms with Crippen molar-refractivity contribution in [3.05, 3.63) is 0 Å². The molecule has 0 saturated carbocycles. The molecule has 1 unspecified atom stereocenters. The summed E-state index contributed by atoms with van der Waals surface area (Å²) in [5.41, 5.74) is 2.23. The molecule has 0 aliphatic carbocycles. The van der Waals surface area contributed by atoms with Gasteiger partial charge in [-0.15, -0.1) is 0 Å². The Morgan fingerprint density at radius 2 is 1.80 bits per heavy atom. The van der Waals surface area contributed by atoms with Crippen molar-refractivity contribution in [3.8, 4) is 0 Å². The van der Waals surface area contributed by atoms with Crippen LogP contribution in [0.1, 0.15) is 32.6 Å². The lowest BCUT2D eigenvalue weighted by Crippen LogP contribution is -2.63. The molecule has 0 bridgehead atoms. The Labute approximate surface area is 114 Å².